The molecule has 0 fully saturated rings. The quantitative estimate of drug-likeness (QED) is 0.475. The van der Waals surface area contributed by atoms with Gasteiger partial charge in [-0.1, -0.05) is 23.2 Å². The van der Waals surface area contributed by atoms with Crippen LogP contribution in [-0.4, -0.2) is 38.0 Å². The van der Waals surface area contributed by atoms with Gasteiger partial charge in [0, 0.05) is 53.4 Å². The third-order valence-electron chi connectivity index (χ3n) is 4.54. The predicted molar refractivity (Wildman–Crippen MR) is 117 cm³/mol. The molecule has 4 aromatic rings. The Labute approximate surface area is 178 Å². The van der Waals surface area contributed by atoms with Crippen LogP contribution in [0.5, 0.6) is 0 Å². The molecule has 0 aliphatic rings. The normalized spacial score (nSPS) is 11.2. The summed E-state index contributed by atoms with van der Waals surface area (Å²) in [6.07, 6.45) is 6.02. The number of aliphatic hydroxyl groups is 1. The smallest absolute Gasteiger partial charge is 0.0924 e. The van der Waals surface area contributed by atoms with Crippen molar-refractivity contribution in [2.24, 2.45) is 7.05 Å². The SMILES string of the molecule is Cn1cc(-c2cnc3ccc(N(CCCO)c4cc(Cl)cc(Cl)c4)cc3n2)cn1. The number of aliphatic hydroxyl groups excluding tert-OH is 1. The summed E-state index contributed by atoms with van der Waals surface area (Å²) in [4.78, 5) is 11.4. The lowest BCUT2D eigenvalue weighted by atomic mass is 10.2. The van der Waals surface area contributed by atoms with Crippen LogP contribution in [0.25, 0.3) is 22.3 Å². The minimum Gasteiger partial charge on any atom is -0.396 e. The Morgan fingerprint density at radius 2 is 1.79 bits per heavy atom. The van der Waals surface area contributed by atoms with E-state index < -0.39 is 0 Å². The van der Waals surface area contributed by atoms with E-state index in [1.54, 1.807) is 23.1 Å². The number of hydrogen-bond acceptors (Lipinski definition) is 5. The van der Waals surface area contributed by atoms with Gasteiger partial charge in [0.2, 0.25) is 0 Å². The number of nitrogens with zero attached hydrogens (tertiary/aromatic N) is 5. The molecule has 0 saturated carbocycles. The topological polar surface area (TPSA) is 67.1 Å². The second-order valence-corrected chi connectivity index (χ2v) is 7.56. The van der Waals surface area contributed by atoms with Crippen LogP contribution in [0.3, 0.4) is 0 Å². The van der Waals surface area contributed by atoms with E-state index in [0.717, 1.165) is 33.7 Å². The van der Waals surface area contributed by atoms with Crippen LogP contribution >= 0.6 is 23.2 Å². The number of halogens is 2. The molecule has 1 N–H and O–H groups in total. The van der Waals surface area contributed by atoms with E-state index in [-0.39, 0.29) is 6.61 Å². The van der Waals surface area contributed by atoms with E-state index in [9.17, 15) is 5.11 Å². The molecule has 0 aliphatic heterocycles. The highest BCUT2D eigenvalue weighted by Gasteiger charge is 2.13. The van der Waals surface area contributed by atoms with E-state index in [4.69, 9.17) is 28.2 Å². The van der Waals surface area contributed by atoms with E-state index in [1.165, 1.54) is 0 Å². The van der Waals surface area contributed by atoms with Crippen molar-refractivity contribution in [1.29, 1.82) is 0 Å². The van der Waals surface area contributed by atoms with Crippen LogP contribution in [0.2, 0.25) is 10.0 Å². The summed E-state index contributed by atoms with van der Waals surface area (Å²) in [5.41, 5.74) is 5.01. The van der Waals surface area contributed by atoms with Crippen LogP contribution in [-0.2, 0) is 7.05 Å². The van der Waals surface area contributed by atoms with Crippen LogP contribution in [0, 0.1) is 0 Å². The van der Waals surface area contributed by atoms with Crippen LogP contribution in [0.1, 0.15) is 6.42 Å². The zero-order valence-electron chi connectivity index (χ0n) is 15.8. The van der Waals surface area contributed by atoms with E-state index in [1.807, 2.05) is 43.6 Å². The molecule has 0 atom stereocenters. The number of fused-ring (bicyclic) bond motifs is 1. The highest BCUT2D eigenvalue weighted by molar-refractivity contribution is 6.35. The standard InChI is InChI=1S/C21H19Cl2N5O/c1-27-13-14(11-25-27)21-12-24-19-4-3-17(10-20(19)26-21)28(5-2-6-29)18-8-15(22)7-16(23)9-18/h3-4,7-13,29H,2,5-6H2,1H3. The van der Waals surface area contributed by atoms with E-state index in [2.05, 4.69) is 15.0 Å². The highest BCUT2D eigenvalue weighted by atomic mass is 35.5. The summed E-state index contributed by atoms with van der Waals surface area (Å²) < 4.78 is 1.73. The van der Waals surface area contributed by atoms with Crippen molar-refractivity contribution < 1.29 is 5.11 Å². The third-order valence-corrected chi connectivity index (χ3v) is 4.97. The van der Waals surface area contributed by atoms with Gasteiger partial charge in [0.15, 0.2) is 0 Å². The van der Waals surface area contributed by atoms with Gasteiger partial charge in [-0.05, 0) is 42.8 Å². The Morgan fingerprint density at radius 1 is 1.00 bits per heavy atom. The van der Waals surface area contributed by atoms with Crippen molar-refractivity contribution in [1.82, 2.24) is 19.7 Å². The molecular weight excluding hydrogens is 409 g/mol. The molecular formula is C21H19Cl2N5O. The van der Waals surface area contributed by atoms with Crippen molar-refractivity contribution in [3.63, 3.8) is 0 Å². The molecule has 29 heavy (non-hydrogen) atoms. The maximum absolute atomic E-state index is 9.35. The fourth-order valence-corrected chi connectivity index (χ4v) is 3.71. The molecule has 6 nitrogen and oxygen atoms in total. The third kappa shape index (κ3) is 4.34. The molecule has 0 radical (unpaired) electrons. The lowest BCUT2D eigenvalue weighted by Crippen LogP contribution is -2.19. The van der Waals surface area contributed by atoms with Gasteiger partial charge in [-0.25, -0.2) is 4.98 Å². The average molecular weight is 428 g/mol. The molecule has 0 unspecified atom stereocenters. The first-order valence-electron chi connectivity index (χ1n) is 9.14. The Hall–Kier alpha value is -2.67. The van der Waals surface area contributed by atoms with Crippen molar-refractivity contribution in [3.8, 4) is 11.3 Å². The minimum absolute atomic E-state index is 0.0866. The molecule has 4 rings (SSSR count). The zero-order chi connectivity index (χ0) is 20.4. The first kappa shape index (κ1) is 19.6. The van der Waals surface area contributed by atoms with E-state index in [0.29, 0.717) is 23.0 Å². The van der Waals surface area contributed by atoms with Gasteiger partial charge in [-0.3, -0.25) is 9.67 Å². The summed E-state index contributed by atoms with van der Waals surface area (Å²) in [6, 6.07) is 11.3. The van der Waals surface area contributed by atoms with Gasteiger partial charge >= 0.3 is 0 Å². The Morgan fingerprint density at radius 3 is 2.48 bits per heavy atom. The van der Waals surface area contributed by atoms with Crippen LogP contribution in [0.15, 0.2) is 55.0 Å². The van der Waals surface area contributed by atoms with Crippen molar-refractivity contribution in [2.45, 2.75) is 6.42 Å². The molecule has 0 amide bonds. The van der Waals surface area contributed by atoms with Gasteiger partial charge in [-0.15, -0.1) is 0 Å². The molecule has 0 saturated heterocycles. The second kappa shape index (κ2) is 8.37. The van der Waals surface area contributed by atoms with Gasteiger partial charge in [0.05, 0.1) is 29.1 Å². The van der Waals surface area contributed by atoms with Crippen LogP contribution in [0.4, 0.5) is 11.4 Å². The monoisotopic (exact) mass is 427 g/mol. The Balaban J connectivity index is 1.78. The number of rotatable bonds is 6. The van der Waals surface area contributed by atoms with Crippen molar-refractivity contribution >= 4 is 45.6 Å². The van der Waals surface area contributed by atoms with Gasteiger partial charge in [-0.2, -0.15) is 5.10 Å². The molecule has 2 aromatic carbocycles. The minimum atomic E-state index is 0.0866. The number of aromatic nitrogens is 4. The second-order valence-electron chi connectivity index (χ2n) is 6.69. The molecule has 148 valence electrons. The Kier molecular flexibility index (Phi) is 5.67. The predicted octanol–water partition coefficient (Wildman–Crippen LogP) is 4.86. The maximum Gasteiger partial charge on any atom is 0.0924 e. The largest absolute Gasteiger partial charge is 0.396 e. The van der Waals surface area contributed by atoms with Crippen molar-refractivity contribution in [2.75, 3.05) is 18.1 Å². The van der Waals surface area contributed by atoms with Crippen LogP contribution < -0.4 is 4.90 Å². The molecule has 0 bridgehead atoms. The Bertz CT molecular complexity index is 1140. The first-order valence-corrected chi connectivity index (χ1v) is 9.89. The summed E-state index contributed by atoms with van der Waals surface area (Å²) in [7, 11) is 1.87. The first-order chi connectivity index (χ1) is 14.0. The summed E-state index contributed by atoms with van der Waals surface area (Å²) in [6.45, 7) is 0.692. The summed E-state index contributed by atoms with van der Waals surface area (Å²) in [5, 5.41) is 14.7. The van der Waals surface area contributed by atoms with Gasteiger partial charge in [0.1, 0.15) is 0 Å². The molecule has 8 heteroatoms. The van der Waals surface area contributed by atoms with Gasteiger partial charge < -0.3 is 10.0 Å². The average Bonchev–Trinajstić information content (AvgIpc) is 3.13. The summed E-state index contributed by atoms with van der Waals surface area (Å²) >= 11 is 12.4. The maximum atomic E-state index is 9.35. The number of anilines is 2. The van der Waals surface area contributed by atoms with Crippen molar-refractivity contribution in [3.05, 3.63) is 65.0 Å². The lowest BCUT2D eigenvalue weighted by Gasteiger charge is -2.25. The molecule has 2 aromatic heterocycles. The molecule has 0 aliphatic carbocycles. The number of aryl methyl sites for hydroxylation is 1. The fourth-order valence-electron chi connectivity index (χ4n) is 3.19. The molecule has 0 spiro atoms. The summed E-state index contributed by atoms with van der Waals surface area (Å²) in [5.74, 6) is 0. The lowest BCUT2D eigenvalue weighted by molar-refractivity contribution is 0.291. The van der Waals surface area contributed by atoms with Gasteiger partial charge in [0.25, 0.3) is 0 Å². The van der Waals surface area contributed by atoms with E-state index >= 15 is 0 Å². The number of benzene rings is 2. The zero-order valence-corrected chi connectivity index (χ0v) is 17.3. The molecule has 2 heterocycles. The fraction of sp³-hybridized carbons (Fsp3) is 0.190. The number of hydrogen-bond donors (Lipinski definition) is 1. The highest BCUT2D eigenvalue weighted by Crippen LogP contribution is 2.32.